The van der Waals surface area contributed by atoms with Crippen molar-refractivity contribution >= 4 is 13.5 Å². The normalized spacial score (nSPS) is 22.3. The molecule has 0 spiro atoms. The molecule has 1 saturated heterocycles. The quantitative estimate of drug-likeness (QED) is 0.459. The van der Waals surface area contributed by atoms with E-state index >= 15 is 0 Å². The summed E-state index contributed by atoms with van der Waals surface area (Å²) >= 11 is 0. The second kappa shape index (κ2) is 4.89. The van der Waals surface area contributed by atoms with Crippen molar-refractivity contribution in [1.29, 1.82) is 0 Å². The molecule has 1 amide bonds. The minimum absolute atomic E-state index is 0.0291. The van der Waals surface area contributed by atoms with Gasteiger partial charge in [0.25, 0.3) is 0 Å². The van der Waals surface area contributed by atoms with Crippen LogP contribution in [0.3, 0.4) is 0 Å². The summed E-state index contributed by atoms with van der Waals surface area (Å²) in [5.41, 5.74) is 0. The topological polar surface area (TPSA) is 98.7 Å². The number of carbonyl (C=O) groups is 1. The van der Waals surface area contributed by atoms with Gasteiger partial charge >= 0.3 is 7.60 Å². The summed E-state index contributed by atoms with van der Waals surface area (Å²) in [4.78, 5) is 28.4. The summed E-state index contributed by atoms with van der Waals surface area (Å²) in [6, 6.07) is -0.188. The number of rotatable bonds is 4. The molecule has 0 bridgehead atoms. The van der Waals surface area contributed by atoms with Gasteiger partial charge in [-0.05, 0) is 19.4 Å². The molecule has 14 heavy (non-hydrogen) atoms. The van der Waals surface area contributed by atoms with E-state index in [4.69, 9.17) is 9.79 Å². The average Bonchev–Trinajstić information content (AvgIpc) is 2.53. The maximum Gasteiger partial charge on any atom is 0.327 e. The zero-order valence-corrected chi connectivity index (χ0v) is 8.67. The summed E-state index contributed by atoms with van der Waals surface area (Å²) in [6.07, 6.45) is 1.46. The lowest BCUT2D eigenvalue weighted by Crippen LogP contribution is -2.41. The molecule has 7 heteroatoms. The van der Waals surface area contributed by atoms with Crippen molar-refractivity contribution in [2.75, 3.05) is 19.3 Å². The fourth-order valence-electron chi connectivity index (χ4n) is 1.36. The van der Waals surface area contributed by atoms with E-state index in [0.717, 1.165) is 19.4 Å². The van der Waals surface area contributed by atoms with Crippen LogP contribution < -0.4 is 10.6 Å². The van der Waals surface area contributed by atoms with Gasteiger partial charge in [-0.1, -0.05) is 0 Å². The lowest BCUT2D eigenvalue weighted by Gasteiger charge is -2.11. The van der Waals surface area contributed by atoms with Gasteiger partial charge in [-0.2, -0.15) is 0 Å². The Morgan fingerprint density at radius 3 is 2.79 bits per heavy atom. The Balaban J connectivity index is 2.18. The first-order valence-corrected chi connectivity index (χ1v) is 6.34. The van der Waals surface area contributed by atoms with Crippen molar-refractivity contribution in [3.05, 3.63) is 0 Å². The smallest absolute Gasteiger partial charge is 0.327 e. The fraction of sp³-hybridized carbons (Fsp3) is 0.857. The Morgan fingerprint density at radius 2 is 2.29 bits per heavy atom. The van der Waals surface area contributed by atoms with Crippen molar-refractivity contribution in [1.82, 2.24) is 10.6 Å². The van der Waals surface area contributed by atoms with Gasteiger partial charge in [0.1, 0.15) is 0 Å². The molecule has 1 aliphatic heterocycles. The lowest BCUT2D eigenvalue weighted by atomic mass is 10.2. The first kappa shape index (κ1) is 11.7. The van der Waals surface area contributed by atoms with Crippen LogP contribution in [0.4, 0.5) is 0 Å². The van der Waals surface area contributed by atoms with E-state index in [2.05, 4.69) is 10.6 Å². The lowest BCUT2D eigenvalue weighted by molar-refractivity contribution is -0.122. The van der Waals surface area contributed by atoms with Crippen molar-refractivity contribution in [2.45, 2.75) is 18.9 Å². The third-order valence-corrected chi connectivity index (χ3v) is 2.89. The van der Waals surface area contributed by atoms with Crippen LogP contribution in [-0.2, 0) is 9.36 Å². The molecule has 6 nitrogen and oxygen atoms in total. The molecular weight excluding hydrogens is 207 g/mol. The second-order valence-electron chi connectivity index (χ2n) is 3.33. The minimum Gasteiger partial charge on any atom is -0.354 e. The second-order valence-corrected chi connectivity index (χ2v) is 5.10. The average molecular weight is 222 g/mol. The Kier molecular flexibility index (Phi) is 4.07. The van der Waals surface area contributed by atoms with Crippen LogP contribution in [0.25, 0.3) is 0 Å². The summed E-state index contributed by atoms with van der Waals surface area (Å²) in [5.74, 6) is -0.170. The Morgan fingerprint density at radius 1 is 1.57 bits per heavy atom. The summed E-state index contributed by atoms with van der Waals surface area (Å²) in [5, 5.41) is 5.49. The van der Waals surface area contributed by atoms with E-state index in [9.17, 15) is 9.36 Å². The highest BCUT2D eigenvalue weighted by molar-refractivity contribution is 7.51. The van der Waals surface area contributed by atoms with Crippen LogP contribution in [0, 0.1) is 0 Å². The van der Waals surface area contributed by atoms with Crippen molar-refractivity contribution in [3.8, 4) is 0 Å². The largest absolute Gasteiger partial charge is 0.354 e. The van der Waals surface area contributed by atoms with Gasteiger partial charge in [-0.25, -0.2) is 0 Å². The van der Waals surface area contributed by atoms with Crippen LogP contribution in [0.2, 0.25) is 0 Å². The highest BCUT2D eigenvalue weighted by atomic mass is 31.2. The standard InChI is InChI=1S/C7H15N2O4P/c10-7(6-2-1-3-8-6)9-4-5-14(11,12)13/h6,8H,1-5H2,(H,9,10)(H2,11,12,13)/t6-/m1/s1. The highest BCUT2D eigenvalue weighted by Gasteiger charge is 2.22. The molecule has 0 aromatic carbocycles. The molecule has 0 saturated carbocycles. The van der Waals surface area contributed by atoms with Crippen molar-refractivity contribution < 1.29 is 19.1 Å². The Labute approximate surface area is 82.2 Å². The molecular formula is C7H15N2O4P. The van der Waals surface area contributed by atoms with Crippen LogP contribution in [0.15, 0.2) is 0 Å². The highest BCUT2D eigenvalue weighted by Crippen LogP contribution is 2.32. The molecule has 0 unspecified atom stereocenters. The van der Waals surface area contributed by atoms with Gasteiger partial charge in [-0.15, -0.1) is 0 Å². The van der Waals surface area contributed by atoms with E-state index in [1.807, 2.05) is 0 Å². The minimum atomic E-state index is -3.99. The van der Waals surface area contributed by atoms with E-state index in [-0.39, 0.29) is 24.7 Å². The molecule has 0 aromatic heterocycles. The first-order valence-electron chi connectivity index (χ1n) is 4.55. The van der Waals surface area contributed by atoms with Gasteiger partial charge in [-0.3, -0.25) is 9.36 Å². The predicted molar refractivity (Wildman–Crippen MR) is 50.9 cm³/mol. The fourth-order valence-corrected chi connectivity index (χ4v) is 1.76. The molecule has 1 atom stereocenters. The molecule has 1 fully saturated rings. The maximum absolute atomic E-state index is 11.3. The van der Waals surface area contributed by atoms with Crippen molar-refractivity contribution in [2.24, 2.45) is 0 Å². The molecule has 1 rings (SSSR count). The molecule has 0 aromatic rings. The van der Waals surface area contributed by atoms with Crippen molar-refractivity contribution in [3.63, 3.8) is 0 Å². The first-order chi connectivity index (χ1) is 6.49. The van der Waals surface area contributed by atoms with E-state index in [1.54, 1.807) is 0 Å². The Hall–Kier alpha value is -0.420. The zero-order chi connectivity index (χ0) is 10.6. The number of hydrogen-bond donors (Lipinski definition) is 4. The SMILES string of the molecule is O=C(NCCP(=O)(O)O)[C@H]1CCCN1. The molecule has 4 N–H and O–H groups in total. The van der Waals surface area contributed by atoms with Gasteiger partial charge in [0, 0.05) is 6.54 Å². The number of nitrogens with one attached hydrogen (secondary N) is 2. The van der Waals surface area contributed by atoms with Crippen LogP contribution in [0.1, 0.15) is 12.8 Å². The van der Waals surface area contributed by atoms with Gasteiger partial charge in [0.15, 0.2) is 0 Å². The third kappa shape index (κ3) is 4.19. The van der Waals surface area contributed by atoms with Crippen LogP contribution in [0.5, 0.6) is 0 Å². The molecule has 1 heterocycles. The molecule has 1 aliphatic rings. The molecule has 82 valence electrons. The summed E-state index contributed by atoms with van der Waals surface area (Å²) in [6.45, 7) is 0.859. The maximum atomic E-state index is 11.3. The van der Waals surface area contributed by atoms with Crippen LogP contribution >= 0.6 is 7.60 Å². The van der Waals surface area contributed by atoms with Gasteiger partial charge in [0.2, 0.25) is 5.91 Å². The zero-order valence-electron chi connectivity index (χ0n) is 7.77. The predicted octanol–water partition coefficient (Wildman–Crippen LogP) is -0.968. The van der Waals surface area contributed by atoms with Gasteiger partial charge < -0.3 is 20.4 Å². The summed E-state index contributed by atoms with van der Waals surface area (Å²) in [7, 11) is -3.99. The Bertz CT molecular complexity index is 246. The molecule has 0 radical (unpaired) electrons. The third-order valence-electron chi connectivity index (χ3n) is 2.08. The van der Waals surface area contributed by atoms with E-state index < -0.39 is 7.60 Å². The number of hydrogen-bond acceptors (Lipinski definition) is 3. The summed E-state index contributed by atoms with van der Waals surface area (Å²) < 4.78 is 10.5. The van der Waals surface area contributed by atoms with E-state index in [1.165, 1.54) is 0 Å². The molecule has 0 aliphatic carbocycles. The number of carbonyl (C=O) groups excluding carboxylic acids is 1. The van der Waals surface area contributed by atoms with Gasteiger partial charge in [0.05, 0.1) is 12.2 Å². The number of amides is 1. The van der Waals surface area contributed by atoms with Crippen LogP contribution in [-0.4, -0.2) is 41.0 Å². The monoisotopic (exact) mass is 222 g/mol. The van der Waals surface area contributed by atoms with E-state index in [0.29, 0.717) is 0 Å².